The van der Waals surface area contributed by atoms with E-state index in [0.717, 1.165) is 11.4 Å². The zero-order chi connectivity index (χ0) is 15.8. The molecule has 1 aromatic carbocycles. The highest BCUT2D eigenvalue weighted by Gasteiger charge is 2.02. The van der Waals surface area contributed by atoms with Crippen molar-refractivity contribution in [2.24, 2.45) is 0 Å². The van der Waals surface area contributed by atoms with Gasteiger partial charge in [-0.25, -0.2) is 0 Å². The van der Waals surface area contributed by atoms with Gasteiger partial charge in [-0.1, -0.05) is 0 Å². The van der Waals surface area contributed by atoms with E-state index in [9.17, 15) is 4.79 Å². The van der Waals surface area contributed by atoms with Gasteiger partial charge in [0.05, 0.1) is 12.8 Å². The Morgan fingerprint density at radius 1 is 1.23 bits per heavy atom. The van der Waals surface area contributed by atoms with E-state index in [-0.39, 0.29) is 5.91 Å². The summed E-state index contributed by atoms with van der Waals surface area (Å²) in [6.07, 6.45) is 1.54. The zero-order valence-electron chi connectivity index (χ0n) is 12.5. The van der Waals surface area contributed by atoms with E-state index in [2.05, 4.69) is 31.1 Å². The van der Waals surface area contributed by atoms with Crippen LogP contribution in [-0.2, 0) is 9.53 Å². The number of rotatable bonds is 7. The molecule has 0 unspecified atom stereocenters. The van der Waals surface area contributed by atoms with Gasteiger partial charge in [0.1, 0.15) is 0 Å². The number of benzene rings is 1. The highest BCUT2D eigenvalue weighted by atomic mass is 16.5. The van der Waals surface area contributed by atoms with Gasteiger partial charge in [-0.2, -0.15) is 10.1 Å². The van der Waals surface area contributed by atoms with E-state index in [1.165, 1.54) is 6.92 Å². The van der Waals surface area contributed by atoms with Crippen LogP contribution in [0.3, 0.4) is 0 Å². The summed E-state index contributed by atoms with van der Waals surface area (Å²) in [6.45, 7) is 2.69. The lowest BCUT2D eigenvalue weighted by atomic mass is 10.3. The average molecular weight is 302 g/mol. The summed E-state index contributed by atoms with van der Waals surface area (Å²) < 4.78 is 4.96. The fraction of sp³-hybridized carbons (Fsp3) is 0.286. The van der Waals surface area contributed by atoms with E-state index in [1.54, 1.807) is 25.4 Å². The van der Waals surface area contributed by atoms with Crippen molar-refractivity contribution < 1.29 is 9.53 Å². The normalized spacial score (nSPS) is 10.1. The lowest BCUT2D eigenvalue weighted by Crippen LogP contribution is -2.10. The van der Waals surface area contributed by atoms with Crippen LogP contribution in [0.4, 0.5) is 23.1 Å². The summed E-state index contributed by atoms with van der Waals surface area (Å²) >= 11 is 0. The maximum absolute atomic E-state index is 11.0. The van der Waals surface area contributed by atoms with Gasteiger partial charge in [0.2, 0.25) is 11.9 Å². The molecule has 1 aromatic heterocycles. The Hall–Kier alpha value is -2.74. The smallest absolute Gasteiger partial charge is 0.249 e. The SMILES string of the molecule is COCCNc1cnnc(Nc2ccc(NC(C)=O)cc2)n1. The maximum atomic E-state index is 11.0. The highest BCUT2D eigenvalue weighted by molar-refractivity contribution is 5.88. The minimum absolute atomic E-state index is 0.108. The second-order valence-corrected chi connectivity index (χ2v) is 4.47. The van der Waals surface area contributed by atoms with Gasteiger partial charge in [-0.3, -0.25) is 4.79 Å². The van der Waals surface area contributed by atoms with Gasteiger partial charge >= 0.3 is 0 Å². The lowest BCUT2D eigenvalue weighted by molar-refractivity contribution is -0.114. The van der Waals surface area contributed by atoms with E-state index in [4.69, 9.17) is 4.74 Å². The van der Waals surface area contributed by atoms with Crippen molar-refractivity contribution in [2.75, 3.05) is 36.2 Å². The number of nitrogens with one attached hydrogen (secondary N) is 3. The van der Waals surface area contributed by atoms with Crippen LogP contribution in [0.2, 0.25) is 0 Å². The molecule has 0 spiro atoms. The minimum atomic E-state index is -0.108. The number of amides is 1. The summed E-state index contributed by atoms with van der Waals surface area (Å²) in [4.78, 5) is 15.3. The summed E-state index contributed by atoms with van der Waals surface area (Å²) in [5, 5.41) is 16.6. The van der Waals surface area contributed by atoms with Gasteiger partial charge in [-0.05, 0) is 24.3 Å². The number of hydrogen-bond acceptors (Lipinski definition) is 7. The van der Waals surface area contributed by atoms with Gasteiger partial charge in [-0.15, -0.1) is 5.10 Å². The second-order valence-electron chi connectivity index (χ2n) is 4.47. The van der Waals surface area contributed by atoms with Crippen molar-refractivity contribution in [2.45, 2.75) is 6.92 Å². The van der Waals surface area contributed by atoms with Crippen molar-refractivity contribution in [3.8, 4) is 0 Å². The first-order valence-electron chi connectivity index (χ1n) is 6.74. The zero-order valence-corrected chi connectivity index (χ0v) is 12.5. The summed E-state index contributed by atoms with van der Waals surface area (Å²) in [5.41, 5.74) is 1.53. The number of nitrogens with zero attached hydrogens (tertiary/aromatic N) is 3. The molecule has 8 nitrogen and oxygen atoms in total. The van der Waals surface area contributed by atoms with Gasteiger partial charge in [0, 0.05) is 32.0 Å². The Morgan fingerprint density at radius 3 is 2.64 bits per heavy atom. The highest BCUT2D eigenvalue weighted by Crippen LogP contribution is 2.16. The molecule has 1 heterocycles. The summed E-state index contributed by atoms with van der Waals surface area (Å²) in [6, 6.07) is 7.22. The number of hydrogen-bond donors (Lipinski definition) is 3. The molecular formula is C14H18N6O2. The van der Waals surface area contributed by atoms with Crippen molar-refractivity contribution >= 4 is 29.0 Å². The maximum Gasteiger partial charge on any atom is 0.249 e. The van der Waals surface area contributed by atoms with Gasteiger partial charge in [0.25, 0.3) is 0 Å². The minimum Gasteiger partial charge on any atom is -0.383 e. The van der Waals surface area contributed by atoms with Crippen LogP contribution in [0, 0.1) is 0 Å². The van der Waals surface area contributed by atoms with Crippen LogP contribution >= 0.6 is 0 Å². The molecule has 3 N–H and O–H groups in total. The van der Waals surface area contributed by atoms with E-state index in [0.29, 0.717) is 24.9 Å². The standard InChI is InChI=1S/C14H18N6O2/c1-10(21)17-11-3-5-12(6-4-11)18-14-19-13(9-16-20-14)15-7-8-22-2/h3-6,9H,7-8H2,1-2H3,(H,17,21)(H2,15,18,19,20). The van der Waals surface area contributed by atoms with E-state index < -0.39 is 0 Å². The first-order valence-corrected chi connectivity index (χ1v) is 6.74. The molecule has 116 valence electrons. The fourth-order valence-corrected chi connectivity index (χ4v) is 1.69. The Balaban J connectivity index is 1.97. The quantitative estimate of drug-likeness (QED) is 0.668. The molecule has 0 aliphatic heterocycles. The summed E-state index contributed by atoms with van der Waals surface area (Å²) in [5.74, 6) is 0.891. The molecular weight excluding hydrogens is 284 g/mol. The molecule has 1 amide bonds. The third-order valence-electron chi connectivity index (χ3n) is 2.63. The number of ether oxygens (including phenoxy) is 1. The number of methoxy groups -OCH3 is 1. The molecule has 8 heteroatoms. The van der Waals surface area contributed by atoms with E-state index >= 15 is 0 Å². The Labute approximate surface area is 128 Å². The van der Waals surface area contributed by atoms with Gasteiger partial charge < -0.3 is 20.7 Å². The number of carbonyl (C=O) groups is 1. The van der Waals surface area contributed by atoms with Crippen molar-refractivity contribution in [1.29, 1.82) is 0 Å². The topological polar surface area (TPSA) is 101 Å². The van der Waals surface area contributed by atoms with Crippen LogP contribution in [0.1, 0.15) is 6.92 Å². The third-order valence-corrected chi connectivity index (χ3v) is 2.63. The number of anilines is 4. The van der Waals surface area contributed by atoms with Crippen LogP contribution in [-0.4, -0.2) is 41.3 Å². The van der Waals surface area contributed by atoms with Crippen LogP contribution in [0.5, 0.6) is 0 Å². The lowest BCUT2D eigenvalue weighted by Gasteiger charge is -2.08. The Kier molecular flexibility index (Phi) is 5.61. The predicted molar refractivity (Wildman–Crippen MR) is 84.2 cm³/mol. The Morgan fingerprint density at radius 2 is 1.95 bits per heavy atom. The molecule has 0 bridgehead atoms. The molecule has 2 aromatic rings. The summed E-state index contributed by atoms with van der Waals surface area (Å²) in [7, 11) is 1.64. The monoisotopic (exact) mass is 302 g/mol. The second kappa shape index (κ2) is 7.89. The third kappa shape index (κ3) is 4.98. The molecule has 0 atom stereocenters. The fourth-order valence-electron chi connectivity index (χ4n) is 1.69. The van der Waals surface area contributed by atoms with Crippen LogP contribution in [0.15, 0.2) is 30.5 Å². The largest absolute Gasteiger partial charge is 0.383 e. The van der Waals surface area contributed by atoms with Crippen molar-refractivity contribution in [3.63, 3.8) is 0 Å². The van der Waals surface area contributed by atoms with Gasteiger partial charge in [0.15, 0.2) is 5.82 Å². The number of carbonyl (C=O) groups excluding carboxylic acids is 1. The van der Waals surface area contributed by atoms with E-state index in [1.807, 2.05) is 12.1 Å². The first-order chi connectivity index (χ1) is 10.7. The van der Waals surface area contributed by atoms with Crippen molar-refractivity contribution in [3.05, 3.63) is 30.5 Å². The molecule has 0 fully saturated rings. The molecule has 0 aliphatic carbocycles. The van der Waals surface area contributed by atoms with Crippen LogP contribution < -0.4 is 16.0 Å². The molecule has 22 heavy (non-hydrogen) atoms. The molecule has 0 radical (unpaired) electrons. The predicted octanol–water partition coefficient (Wildman–Crippen LogP) is 1.63. The molecule has 0 aliphatic rings. The average Bonchev–Trinajstić information content (AvgIpc) is 2.49. The number of aromatic nitrogens is 3. The molecule has 2 rings (SSSR count). The Bertz CT molecular complexity index is 617. The first kappa shape index (κ1) is 15.6. The van der Waals surface area contributed by atoms with Crippen LogP contribution in [0.25, 0.3) is 0 Å². The molecule has 0 saturated heterocycles. The van der Waals surface area contributed by atoms with Crippen molar-refractivity contribution in [1.82, 2.24) is 15.2 Å². The molecule has 0 saturated carbocycles.